The van der Waals surface area contributed by atoms with Gasteiger partial charge in [0, 0.05) is 11.9 Å². The van der Waals surface area contributed by atoms with Gasteiger partial charge in [-0.3, -0.25) is 9.35 Å². The first-order valence-corrected chi connectivity index (χ1v) is 8.29. The molecule has 25 heavy (non-hydrogen) atoms. The summed E-state index contributed by atoms with van der Waals surface area (Å²) >= 11 is 0. The molecule has 0 atom stereocenters. The van der Waals surface area contributed by atoms with Gasteiger partial charge >= 0.3 is 0 Å². The zero-order valence-corrected chi connectivity index (χ0v) is 13.5. The number of benzene rings is 2. The highest BCUT2D eigenvalue weighted by Gasteiger charge is 2.13. The minimum atomic E-state index is -4.41. The predicted octanol–water partition coefficient (Wildman–Crippen LogP) is 2.10. The zero-order chi connectivity index (χ0) is 18.4. The van der Waals surface area contributed by atoms with Crippen molar-refractivity contribution in [3.63, 3.8) is 0 Å². The largest absolute Gasteiger partial charge is 0.506 e. The lowest BCUT2D eigenvalue weighted by Gasteiger charge is -2.07. The summed E-state index contributed by atoms with van der Waals surface area (Å²) in [5, 5.41) is 23.7. The van der Waals surface area contributed by atoms with Gasteiger partial charge in [0.25, 0.3) is 16.0 Å². The number of para-hydroxylation sites is 2. The van der Waals surface area contributed by atoms with Crippen LogP contribution in [0.5, 0.6) is 5.75 Å². The van der Waals surface area contributed by atoms with Crippen LogP contribution in [-0.2, 0) is 14.9 Å². The first kappa shape index (κ1) is 18.0. The van der Waals surface area contributed by atoms with Crippen molar-refractivity contribution in [2.45, 2.75) is 4.90 Å². The smallest absolute Gasteiger partial charge is 0.294 e. The van der Waals surface area contributed by atoms with Gasteiger partial charge in [-0.05, 0) is 30.3 Å². The number of anilines is 2. The Morgan fingerprint density at radius 3 is 2.52 bits per heavy atom. The van der Waals surface area contributed by atoms with Crippen molar-refractivity contribution in [2.75, 3.05) is 10.6 Å². The molecule has 0 aliphatic heterocycles. The second-order valence-electron chi connectivity index (χ2n) is 4.79. The molecule has 1 amide bonds. The molecule has 0 bridgehead atoms. The number of amides is 1. The summed E-state index contributed by atoms with van der Waals surface area (Å²) in [6, 6.07) is 12.9. The van der Waals surface area contributed by atoms with E-state index in [0.717, 1.165) is 18.3 Å². The fourth-order valence-electron chi connectivity index (χ4n) is 1.83. The van der Waals surface area contributed by atoms with Crippen LogP contribution in [0, 0.1) is 11.3 Å². The van der Waals surface area contributed by atoms with E-state index in [1.807, 2.05) is 0 Å². The van der Waals surface area contributed by atoms with E-state index in [2.05, 4.69) is 10.6 Å². The molecule has 0 fully saturated rings. The number of phenols is 1. The second kappa shape index (κ2) is 7.48. The van der Waals surface area contributed by atoms with Crippen molar-refractivity contribution in [1.82, 2.24) is 0 Å². The highest BCUT2D eigenvalue weighted by Crippen LogP contribution is 2.22. The Balaban J connectivity index is 2.17. The van der Waals surface area contributed by atoms with Gasteiger partial charge in [0.05, 0.1) is 10.6 Å². The van der Waals surface area contributed by atoms with Gasteiger partial charge in [-0.25, -0.2) is 0 Å². The molecule has 0 radical (unpaired) electrons. The molecule has 128 valence electrons. The Morgan fingerprint density at radius 1 is 1.16 bits per heavy atom. The lowest BCUT2D eigenvalue weighted by atomic mass is 10.2. The average Bonchev–Trinajstić information content (AvgIpc) is 2.56. The number of carbonyl (C=O) groups is 1. The number of hydrogen-bond donors (Lipinski definition) is 4. The third-order valence-electron chi connectivity index (χ3n) is 3.03. The first-order chi connectivity index (χ1) is 11.8. The summed E-state index contributed by atoms with van der Waals surface area (Å²) in [5.74, 6) is -0.852. The summed E-state index contributed by atoms with van der Waals surface area (Å²) in [6.45, 7) is 0. The molecule has 0 aliphatic rings. The lowest BCUT2D eigenvalue weighted by Crippen LogP contribution is -2.15. The Morgan fingerprint density at radius 2 is 1.88 bits per heavy atom. The van der Waals surface area contributed by atoms with Crippen LogP contribution in [0.1, 0.15) is 0 Å². The van der Waals surface area contributed by atoms with Crippen LogP contribution in [-0.4, -0.2) is 24.0 Å². The third-order valence-corrected chi connectivity index (χ3v) is 3.88. The van der Waals surface area contributed by atoms with Gasteiger partial charge in [-0.15, -0.1) is 0 Å². The predicted molar refractivity (Wildman–Crippen MR) is 90.3 cm³/mol. The fraction of sp³-hybridized carbons (Fsp3) is 0. The second-order valence-corrected chi connectivity index (χ2v) is 6.21. The molecule has 2 aromatic carbocycles. The van der Waals surface area contributed by atoms with Crippen molar-refractivity contribution < 1.29 is 22.9 Å². The highest BCUT2D eigenvalue weighted by atomic mass is 32.2. The monoisotopic (exact) mass is 359 g/mol. The molecular formula is C16H13N3O5S. The van der Waals surface area contributed by atoms with Crippen LogP contribution in [0.2, 0.25) is 0 Å². The van der Waals surface area contributed by atoms with E-state index in [0.29, 0.717) is 5.69 Å². The van der Waals surface area contributed by atoms with Gasteiger partial charge in [0.15, 0.2) is 0 Å². The molecular weight excluding hydrogens is 346 g/mol. The van der Waals surface area contributed by atoms with Crippen molar-refractivity contribution >= 4 is 27.4 Å². The summed E-state index contributed by atoms with van der Waals surface area (Å²) in [4.78, 5) is 11.7. The van der Waals surface area contributed by atoms with Gasteiger partial charge in [-0.2, -0.15) is 13.7 Å². The normalized spacial score (nSPS) is 11.4. The molecule has 2 aromatic rings. The lowest BCUT2D eigenvalue weighted by molar-refractivity contribution is -0.112. The maximum absolute atomic E-state index is 12.1. The summed E-state index contributed by atoms with van der Waals surface area (Å²) < 4.78 is 31.2. The molecule has 0 aliphatic carbocycles. The van der Waals surface area contributed by atoms with Crippen molar-refractivity contribution in [1.29, 1.82) is 5.26 Å². The Hall–Kier alpha value is -3.35. The third kappa shape index (κ3) is 4.81. The van der Waals surface area contributed by atoms with Crippen LogP contribution < -0.4 is 10.6 Å². The van der Waals surface area contributed by atoms with Crippen LogP contribution in [0.4, 0.5) is 11.4 Å². The number of rotatable bonds is 5. The van der Waals surface area contributed by atoms with Crippen LogP contribution in [0.25, 0.3) is 0 Å². The van der Waals surface area contributed by atoms with E-state index in [1.54, 1.807) is 24.3 Å². The van der Waals surface area contributed by atoms with Crippen LogP contribution in [0.15, 0.2) is 65.2 Å². The number of aromatic hydroxyl groups is 1. The topological polar surface area (TPSA) is 140 Å². The molecule has 8 nitrogen and oxygen atoms in total. The minimum absolute atomic E-state index is 0.0581. The highest BCUT2D eigenvalue weighted by molar-refractivity contribution is 7.85. The van der Waals surface area contributed by atoms with E-state index < -0.39 is 16.0 Å². The summed E-state index contributed by atoms with van der Waals surface area (Å²) in [5.41, 5.74) is 0.0840. The van der Waals surface area contributed by atoms with E-state index in [9.17, 15) is 18.3 Å². The molecule has 0 aromatic heterocycles. The molecule has 0 saturated heterocycles. The van der Waals surface area contributed by atoms with Crippen molar-refractivity contribution in [2.24, 2.45) is 0 Å². The molecule has 0 spiro atoms. The number of phenolic OH excluding ortho intramolecular Hbond substituents is 1. The van der Waals surface area contributed by atoms with E-state index in [4.69, 9.17) is 9.81 Å². The van der Waals surface area contributed by atoms with Crippen molar-refractivity contribution in [3.05, 3.63) is 60.3 Å². The van der Waals surface area contributed by atoms with Gasteiger partial charge < -0.3 is 15.7 Å². The Bertz CT molecular complexity index is 977. The SMILES string of the molecule is N#C/C(=C/Nc1ccccc1O)C(=O)Nc1cccc(S(=O)(=O)O)c1. The maximum Gasteiger partial charge on any atom is 0.294 e. The quantitative estimate of drug-likeness (QED) is 0.277. The maximum atomic E-state index is 12.1. The summed E-state index contributed by atoms with van der Waals surface area (Å²) in [7, 11) is -4.41. The Labute approximate surface area is 143 Å². The first-order valence-electron chi connectivity index (χ1n) is 6.85. The van der Waals surface area contributed by atoms with Gasteiger partial charge in [0.1, 0.15) is 17.4 Å². The molecule has 2 rings (SSSR count). The minimum Gasteiger partial charge on any atom is -0.506 e. The van der Waals surface area contributed by atoms with Gasteiger partial charge in [-0.1, -0.05) is 18.2 Å². The van der Waals surface area contributed by atoms with Crippen molar-refractivity contribution in [3.8, 4) is 11.8 Å². The number of nitrogens with zero attached hydrogens (tertiary/aromatic N) is 1. The van der Waals surface area contributed by atoms with E-state index in [1.165, 1.54) is 18.2 Å². The number of carbonyl (C=O) groups excluding carboxylic acids is 1. The zero-order valence-electron chi connectivity index (χ0n) is 12.7. The molecule has 0 saturated carbocycles. The van der Waals surface area contributed by atoms with Crippen LogP contribution in [0.3, 0.4) is 0 Å². The number of nitriles is 1. The van der Waals surface area contributed by atoms with E-state index in [-0.39, 0.29) is 21.9 Å². The number of hydrogen-bond acceptors (Lipinski definition) is 6. The van der Waals surface area contributed by atoms with E-state index >= 15 is 0 Å². The molecule has 4 N–H and O–H groups in total. The molecule has 0 unspecified atom stereocenters. The molecule has 9 heteroatoms. The van der Waals surface area contributed by atoms with Crippen LogP contribution >= 0.6 is 0 Å². The summed E-state index contributed by atoms with van der Waals surface area (Å²) in [6.07, 6.45) is 1.11. The standard InChI is InChI=1S/C16H13N3O5S/c17-9-11(10-18-14-6-1-2-7-15(14)20)16(21)19-12-4-3-5-13(8-12)25(22,23)24/h1-8,10,18,20H,(H,19,21)(H,22,23,24)/b11-10-. The van der Waals surface area contributed by atoms with Gasteiger partial charge in [0.2, 0.25) is 0 Å². The average molecular weight is 359 g/mol. The fourth-order valence-corrected chi connectivity index (χ4v) is 2.35. The Kier molecular flexibility index (Phi) is 5.38. The number of nitrogens with one attached hydrogen (secondary N) is 2. The molecule has 0 heterocycles.